The maximum absolute atomic E-state index is 13.1. The van der Waals surface area contributed by atoms with Gasteiger partial charge in [-0.3, -0.25) is 4.79 Å². The summed E-state index contributed by atoms with van der Waals surface area (Å²) < 4.78 is 1.56. The van der Waals surface area contributed by atoms with Crippen LogP contribution in [0.1, 0.15) is 10.8 Å². The molecule has 1 N–H and O–H groups in total. The molecule has 0 aliphatic heterocycles. The zero-order valence-corrected chi connectivity index (χ0v) is 15.7. The fourth-order valence-electron chi connectivity index (χ4n) is 2.72. The van der Waals surface area contributed by atoms with Crippen LogP contribution in [-0.2, 0) is 4.79 Å². The van der Waals surface area contributed by atoms with E-state index in [2.05, 4.69) is 20.8 Å². The Hall–Kier alpha value is -3.45. The molecule has 1 atom stereocenters. The third-order valence-electron chi connectivity index (χ3n) is 4.09. The second-order valence-corrected chi connectivity index (χ2v) is 7.19. The first-order valence-corrected chi connectivity index (χ1v) is 9.58. The number of aromatic nitrogens is 4. The Balaban J connectivity index is 1.53. The lowest BCUT2D eigenvalue weighted by atomic mass is 10.1. The minimum absolute atomic E-state index is 0.0739. The number of thioether (sulfide) groups is 1. The number of rotatable bonds is 6. The minimum Gasteiger partial charge on any atom is -0.325 e. The first kappa shape index (κ1) is 17.9. The van der Waals surface area contributed by atoms with Crippen molar-refractivity contribution in [2.24, 2.45) is 0 Å². The summed E-state index contributed by atoms with van der Waals surface area (Å²) in [6, 6.07) is 27.1. The van der Waals surface area contributed by atoms with Gasteiger partial charge in [0.2, 0.25) is 5.91 Å². The Bertz CT molecular complexity index is 1020. The van der Waals surface area contributed by atoms with Crippen LogP contribution in [-0.4, -0.2) is 26.1 Å². The Morgan fingerprint density at radius 2 is 1.57 bits per heavy atom. The molecule has 1 heterocycles. The largest absolute Gasteiger partial charge is 0.325 e. The average molecular weight is 387 g/mol. The van der Waals surface area contributed by atoms with Crippen molar-refractivity contribution in [3.05, 3.63) is 96.8 Å². The zero-order valence-electron chi connectivity index (χ0n) is 14.8. The molecular formula is C21H17N5OS. The molecule has 0 aliphatic rings. The second-order valence-electron chi connectivity index (χ2n) is 6.01. The van der Waals surface area contributed by atoms with Gasteiger partial charge in [0.25, 0.3) is 0 Å². The van der Waals surface area contributed by atoms with Gasteiger partial charge in [-0.1, -0.05) is 48.5 Å². The summed E-state index contributed by atoms with van der Waals surface area (Å²) in [4.78, 5) is 14.1. The van der Waals surface area contributed by atoms with Crippen LogP contribution in [0.5, 0.6) is 0 Å². The number of nitrogens with one attached hydrogen (secondary N) is 1. The van der Waals surface area contributed by atoms with Gasteiger partial charge in [-0.15, -0.1) is 16.9 Å². The normalized spacial score (nSPS) is 11.7. The van der Waals surface area contributed by atoms with Gasteiger partial charge < -0.3 is 5.32 Å². The van der Waals surface area contributed by atoms with E-state index >= 15 is 0 Å². The first-order chi connectivity index (χ1) is 13.8. The fraction of sp³-hybridized carbons (Fsp3) is 0.0476. The first-order valence-electron chi connectivity index (χ1n) is 8.70. The maximum Gasteiger partial charge on any atom is 0.242 e. The van der Waals surface area contributed by atoms with Gasteiger partial charge in [-0.25, -0.2) is 4.68 Å². The molecule has 28 heavy (non-hydrogen) atoms. The van der Waals surface area contributed by atoms with Crippen molar-refractivity contribution in [1.29, 1.82) is 0 Å². The molecule has 0 saturated heterocycles. The van der Waals surface area contributed by atoms with Crippen molar-refractivity contribution in [3.63, 3.8) is 0 Å². The Morgan fingerprint density at radius 3 is 2.21 bits per heavy atom. The zero-order chi connectivity index (χ0) is 19.2. The molecule has 0 aliphatic carbocycles. The molecule has 1 aromatic heterocycles. The quantitative estimate of drug-likeness (QED) is 0.504. The number of carbonyl (C=O) groups is 1. The SMILES string of the molecule is O=C(Nc1ccc(-n2cnnn2)cc1)[C@H](Sc1ccccc1)c1ccccc1. The standard InChI is InChI=1S/C21H17N5OS/c27-21(23-17-11-13-18(14-12-17)26-15-22-24-25-26)20(16-7-3-1-4-8-16)28-19-9-5-2-6-10-19/h1-15,20H,(H,23,27)/t20-/m1/s1. The van der Waals surface area contributed by atoms with Gasteiger partial charge in [-0.2, -0.15) is 0 Å². The van der Waals surface area contributed by atoms with E-state index < -0.39 is 0 Å². The Morgan fingerprint density at radius 1 is 0.893 bits per heavy atom. The van der Waals surface area contributed by atoms with Gasteiger partial charge in [0.1, 0.15) is 11.6 Å². The van der Waals surface area contributed by atoms with E-state index in [1.807, 2.05) is 84.9 Å². The van der Waals surface area contributed by atoms with E-state index in [9.17, 15) is 4.79 Å². The summed E-state index contributed by atoms with van der Waals surface area (Å²) in [5.41, 5.74) is 2.50. The lowest BCUT2D eigenvalue weighted by Gasteiger charge is -2.17. The summed E-state index contributed by atoms with van der Waals surface area (Å²) in [7, 11) is 0. The summed E-state index contributed by atoms with van der Waals surface area (Å²) in [6.07, 6.45) is 1.52. The van der Waals surface area contributed by atoms with Gasteiger partial charge in [0.05, 0.1) is 5.69 Å². The van der Waals surface area contributed by atoms with Crippen LogP contribution in [0.25, 0.3) is 5.69 Å². The molecule has 4 rings (SSSR count). The number of anilines is 1. The molecule has 4 aromatic rings. The molecule has 138 valence electrons. The third-order valence-corrected chi connectivity index (χ3v) is 5.35. The van der Waals surface area contributed by atoms with Gasteiger partial charge >= 0.3 is 0 Å². The van der Waals surface area contributed by atoms with Crippen molar-refractivity contribution in [1.82, 2.24) is 20.2 Å². The van der Waals surface area contributed by atoms with Crippen LogP contribution in [0.2, 0.25) is 0 Å². The number of tetrazole rings is 1. The van der Waals surface area contributed by atoms with Crippen molar-refractivity contribution < 1.29 is 4.79 Å². The molecule has 0 radical (unpaired) electrons. The topological polar surface area (TPSA) is 72.7 Å². The highest BCUT2D eigenvalue weighted by atomic mass is 32.2. The summed E-state index contributed by atoms with van der Waals surface area (Å²) >= 11 is 1.53. The van der Waals surface area contributed by atoms with Crippen LogP contribution in [0.15, 0.2) is 96.2 Å². The number of hydrogen-bond donors (Lipinski definition) is 1. The number of hydrogen-bond acceptors (Lipinski definition) is 5. The van der Waals surface area contributed by atoms with Crippen LogP contribution in [0.4, 0.5) is 5.69 Å². The summed E-state index contributed by atoms with van der Waals surface area (Å²) in [5.74, 6) is -0.0739. The van der Waals surface area contributed by atoms with Crippen molar-refractivity contribution in [2.45, 2.75) is 10.1 Å². The lowest BCUT2D eigenvalue weighted by molar-refractivity contribution is -0.115. The van der Waals surface area contributed by atoms with E-state index in [-0.39, 0.29) is 11.2 Å². The van der Waals surface area contributed by atoms with Gasteiger partial charge in [0.15, 0.2) is 0 Å². The number of nitrogens with zero attached hydrogens (tertiary/aromatic N) is 4. The third kappa shape index (κ3) is 4.27. The summed E-state index contributed by atoms with van der Waals surface area (Å²) in [5, 5.41) is 13.8. The van der Waals surface area contributed by atoms with Crippen molar-refractivity contribution >= 4 is 23.4 Å². The second kappa shape index (κ2) is 8.49. The highest BCUT2D eigenvalue weighted by Gasteiger charge is 2.22. The van der Waals surface area contributed by atoms with E-state index in [4.69, 9.17) is 0 Å². The van der Waals surface area contributed by atoms with E-state index in [0.717, 1.165) is 21.8 Å². The highest BCUT2D eigenvalue weighted by Crippen LogP contribution is 2.36. The number of carbonyl (C=O) groups excluding carboxylic acids is 1. The van der Waals surface area contributed by atoms with E-state index in [1.54, 1.807) is 4.68 Å². The highest BCUT2D eigenvalue weighted by molar-refractivity contribution is 8.00. The lowest BCUT2D eigenvalue weighted by Crippen LogP contribution is -2.19. The number of amides is 1. The minimum atomic E-state index is -0.359. The molecular weight excluding hydrogens is 370 g/mol. The Kier molecular flexibility index (Phi) is 5.44. The van der Waals surface area contributed by atoms with Crippen LogP contribution < -0.4 is 5.32 Å². The van der Waals surface area contributed by atoms with Gasteiger partial charge in [0, 0.05) is 10.6 Å². The molecule has 0 spiro atoms. The monoisotopic (exact) mass is 387 g/mol. The molecule has 0 unspecified atom stereocenters. The van der Waals surface area contributed by atoms with Crippen LogP contribution in [0, 0.1) is 0 Å². The molecule has 0 fully saturated rings. The molecule has 3 aromatic carbocycles. The molecule has 0 bridgehead atoms. The molecule has 6 nitrogen and oxygen atoms in total. The van der Waals surface area contributed by atoms with E-state index in [1.165, 1.54) is 18.1 Å². The molecule has 1 amide bonds. The average Bonchev–Trinajstić information content (AvgIpc) is 3.29. The van der Waals surface area contributed by atoms with Crippen molar-refractivity contribution in [3.8, 4) is 5.69 Å². The predicted octanol–water partition coefficient (Wildman–Crippen LogP) is 4.13. The van der Waals surface area contributed by atoms with Crippen LogP contribution >= 0.6 is 11.8 Å². The van der Waals surface area contributed by atoms with E-state index in [0.29, 0.717) is 0 Å². The van der Waals surface area contributed by atoms with Gasteiger partial charge in [-0.05, 0) is 52.4 Å². The molecule has 7 heteroatoms. The predicted molar refractivity (Wildman–Crippen MR) is 109 cm³/mol. The summed E-state index contributed by atoms with van der Waals surface area (Å²) in [6.45, 7) is 0. The smallest absolute Gasteiger partial charge is 0.242 e. The maximum atomic E-state index is 13.1. The fourth-order valence-corrected chi connectivity index (χ4v) is 3.77. The number of benzene rings is 3. The van der Waals surface area contributed by atoms with Crippen LogP contribution in [0.3, 0.4) is 0 Å². The molecule has 0 saturated carbocycles. The van der Waals surface area contributed by atoms with Crippen molar-refractivity contribution in [2.75, 3.05) is 5.32 Å². The Labute approximate surface area is 166 Å².